The third-order valence-electron chi connectivity index (χ3n) is 6.14. The van der Waals surface area contributed by atoms with Crippen molar-refractivity contribution >= 4 is 40.4 Å². The van der Waals surface area contributed by atoms with Gasteiger partial charge in [-0.2, -0.15) is 5.10 Å². The molecular formula is C28H24N4O4. The third kappa shape index (κ3) is 3.92. The zero-order valence-corrected chi connectivity index (χ0v) is 20.1. The highest BCUT2D eigenvalue weighted by Gasteiger charge is 2.37. The first-order valence-corrected chi connectivity index (χ1v) is 11.6. The molecule has 1 N–H and O–H groups in total. The summed E-state index contributed by atoms with van der Waals surface area (Å²) in [6.07, 6.45) is 1.50. The topological polar surface area (TPSA) is 93.5 Å². The van der Waals surface area contributed by atoms with Gasteiger partial charge in [-0.05, 0) is 62.6 Å². The number of fused-ring (bicyclic) bond motifs is 1. The van der Waals surface area contributed by atoms with Gasteiger partial charge in [0.15, 0.2) is 0 Å². The fourth-order valence-corrected chi connectivity index (χ4v) is 4.39. The van der Waals surface area contributed by atoms with Crippen LogP contribution >= 0.6 is 0 Å². The van der Waals surface area contributed by atoms with Crippen molar-refractivity contribution in [1.82, 2.24) is 15.1 Å². The Kier molecular flexibility index (Phi) is 5.85. The fraction of sp³-hybridized carbons (Fsp3) is 0.143. The summed E-state index contributed by atoms with van der Waals surface area (Å²) in [5, 5.41) is 9.08. The van der Waals surface area contributed by atoms with Crippen LogP contribution < -0.4 is 15.0 Å². The molecule has 0 saturated carbocycles. The third-order valence-corrected chi connectivity index (χ3v) is 6.14. The van der Waals surface area contributed by atoms with E-state index < -0.39 is 17.8 Å². The van der Waals surface area contributed by atoms with Gasteiger partial charge in [0, 0.05) is 16.6 Å². The van der Waals surface area contributed by atoms with Gasteiger partial charge in [-0.1, -0.05) is 36.4 Å². The highest BCUT2D eigenvalue weighted by molar-refractivity contribution is 6.39. The number of aryl methyl sites for hydroxylation is 1. The molecule has 5 rings (SSSR count). The minimum absolute atomic E-state index is 0.146. The summed E-state index contributed by atoms with van der Waals surface area (Å²) in [6.45, 7) is 6.07. The number of benzene rings is 3. The molecule has 0 aliphatic carbocycles. The van der Waals surface area contributed by atoms with Crippen molar-refractivity contribution in [2.24, 2.45) is 0 Å². The van der Waals surface area contributed by atoms with Crippen LogP contribution in [-0.4, -0.2) is 34.2 Å². The van der Waals surface area contributed by atoms with Crippen LogP contribution in [0.1, 0.15) is 23.9 Å². The number of imide groups is 2. The lowest BCUT2D eigenvalue weighted by atomic mass is 10.0. The van der Waals surface area contributed by atoms with Crippen LogP contribution in [-0.2, 0) is 9.59 Å². The van der Waals surface area contributed by atoms with Crippen molar-refractivity contribution < 1.29 is 19.1 Å². The van der Waals surface area contributed by atoms with Crippen molar-refractivity contribution in [2.75, 3.05) is 11.5 Å². The van der Waals surface area contributed by atoms with Gasteiger partial charge in [0.05, 0.1) is 23.7 Å². The predicted molar refractivity (Wildman–Crippen MR) is 137 cm³/mol. The van der Waals surface area contributed by atoms with Crippen LogP contribution in [0, 0.1) is 13.8 Å². The number of nitrogens with zero attached hydrogens (tertiary/aromatic N) is 3. The Bertz CT molecular complexity index is 1540. The molecule has 8 heteroatoms. The summed E-state index contributed by atoms with van der Waals surface area (Å²) in [5.74, 6) is -0.835. The van der Waals surface area contributed by atoms with Crippen molar-refractivity contribution in [2.45, 2.75) is 20.8 Å². The quantitative estimate of drug-likeness (QED) is 0.330. The van der Waals surface area contributed by atoms with Crippen molar-refractivity contribution in [1.29, 1.82) is 0 Å². The summed E-state index contributed by atoms with van der Waals surface area (Å²) >= 11 is 0. The Balaban J connectivity index is 1.55. The lowest BCUT2D eigenvalue weighted by Crippen LogP contribution is -2.54. The number of barbiturate groups is 1. The van der Waals surface area contributed by atoms with E-state index in [1.165, 1.54) is 6.08 Å². The Morgan fingerprint density at radius 3 is 2.42 bits per heavy atom. The van der Waals surface area contributed by atoms with Gasteiger partial charge < -0.3 is 4.74 Å². The van der Waals surface area contributed by atoms with E-state index in [1.807, 2.05) is 67.9 Å². The van der Waals surface area contributed by atoms with E-state index in [9.17, 15) is 14.4 Å². The van der Waals surface area contributed by atoms with E-state index in [-0.39, 0.29) is 5.57 Å². The monoisotopic (exact) mass is 480 g/mol. The van der Waals surface area contributed by atoms with Gasteiger partial charge in [-0.15, -0.1) is 0 Å². The van der Waals surface area contributed by atoms with Gasteiger partial charge in [-0.3, -0.25) is 14.9 Å². The molecule has 3 aromatic carbocycles. The number of anilines is 1. The molecule has 1 aliphatic heterocycles. The largest absolute Gasteiger partial charge is 0.494 e. The second-order valence-electron chi connectivity index (χ2n) is 8.38. The first-order chi connectivity index (χ1) is 17.4. The standard InChI is InChI=1S/C28H24N4O4/c1-4-36-21-14-12-20(13-15-21)31-27(34)24(26(33)29-28(31)35)16-23-17(2)30-32(18(23)3)25-11-7-9-19-8-5-6-10-22(19)25/h5-16H,4H2,1-3H3,(H,29,33,35)/b24-16+. The number of nitrogens with one attached hydrogen (secondary N) is 1. The molecule has 4 amide bonds. The molecular weight excluding hydrogens is 456 g/mol. The number of carbonyl (C=O) groups excluding carboxylic acids is 3. The minimum atomic E-state index is -0.800. The second-order valence-corrected chi connectivity index (χ2v) is 8.38. The van der Waals surface area contributed by atoms with Crippen molar-refractivity contribution in [3.8, 4) is 11.4 Å². The van der Waals surface area contributed by atoms with Gasteiger partial charge in [-0.25, -0.2) is 14.4 Å². The van der Waals surface area contributed by atoms with Crippen LogP contribution in [0.3, 0.4) is 0 Å². The highest BCUT2D eigenvalue weighted by atomic mass is 16.5. The maximum Gasteiger partial charge on any atom is 0.335 e. The van der Waals surface area contributed by atoms with E-state index in [0.717, 1.165) is 27.1 Å². The average Bonchev–Trinajstić information content (AvgIpc) is 3.15. The fourth-order valence-electron chi connectivity index (χ4n) is 4.39. The summed E-state index contributed by atoms with van der Waals surface area (Å²) in [4.78, 5) is 39.6. The molecule has 8 nitrogen and oxygen atoms in total. The predicted octanol–water partition coefficient (Wildman–Crippen LogP) is 4.71. The van der Waals surface area contributed by atoms with Gasteiger partial charge >= 0.3 is 6.03 Å². The molecule has 0 spiro atoms. The molecule has 1 fully saturated rings. The lowest BCUT2D eigenvalue weighted by molar-refractivity contribution is -0.122. The summed E-state index contributed by atoms with van der Waals surface area (Å²) in [6, 6.07) is 19.7. The number of ether oxygens (including phenoxy) is 1. The van der Waals surface area contributed by atoms with E-state index in [1.54, 1.807) is 24.3 Å². The first-order valence-electron chi connectivity index (χ1n) is 11.6. The summed E-state index contributed by atoms with van der Waals surface area (Å²) in [5.41, 5.74) is 3.14. The lowest BCUT2D eigenvalue weighted by Gasteiger charge is -2.26. The van der Waals surface area contributed by atoms with Crippen LogP contribution in [0.25, 0.3) is 22.5 Å². The van der Waals surface area contributed by atoms with E-state index in [0.29, 0.717) is 29.3 Å². The molecule has 1 aromatic heterocycles. The summed E-state index contributed by atoms with van der Waals surface area (Å²) in [7, 11) is 0. The van der Waals surface area contributed by atoms with Crippen molar-refractivity contribution in [3.63, 3.8) is 0 Å². The molecule has 1 saturated heterocycles. The number of hydrogen-bond donors (Lipinski definition) is 1. The van der Waals surface area contributed by atoms with Gasteiger partial charge in [0.1, 0.15) is 11.3 Å². The molecule has 4 aromatic rings. The smallest absolute Gasteiger partial charge is 0.335 e. The van der Waals surface area contributed by atoms with Gasteiger partial charge in [0.2, 0.25) is 0 Å². The van der Waals surface area contributed by atoms with E-state index in [4.69, 9.17) is 9.84 Å². The molecule has 1 aliphatic rings. The number of urea groups is 1. The molecule has 0 bridgehead atoms. The normalized spacial score (nSPS) is 15.0. The Morgan fingerprint density at radius 1 is 0.944 bits per heavy atom. The second kappa shape index (κ2) is 9.14. The zero-order chi connectivity index (χ0) is 25.4. The number of rotatable bonds is 5. The molecule has 0 atom stereocenters. The molecule has 36 heavy (non-hydrogen) atoms. The number of amides is 4. The Labute approximate surface area is 207 Å². The number of aromatic nitrogens is 2. The van der Waals surface area contributed by atoms with E-state index >= 15 is 0 Å². The van der Waals surface area contributed by atoms with E-state index in [2.05, 4.69) is 5.32 Å². The highest BCUT2D eigenvalue weighted by Crippen LogP contribution is 2.28. The van der Waals surface area contributed by atoms with Crippen LogP contribution in [0.2, 0.25) is 0 Å². The molecule has 0 unspecified atom stereocenters. The summed E-state index contributed by atoms with van der Waals surface area (Å²) < 4.78 is 7.24. The molecule has 180 valence electrons. The SMILES string of the molecule is CCOc1ccc(N2C(=O)NC(=O)/C(=C\c3c(C)nn(-c4cccc5ccccc45)c3C)C2=O)cc1. The minimum Gasteiger partial charge on any atom is -0.494 e. The van der Waals surface area contributed by atoms with Crippen LogP contribution in [0.4, 0.5) is 10.5 Å². The maximum atomic E-state index is 13.4. The zero-order valence-electron chi connectivity index (χ0n) is 20.1. The number of carbonyl (C=O) groups is 3. The average molecular weight is 481 g/mol. The maximum absolute atomic E-state index is 13.4. The van der Waals surface area contributed by atoms with Crippen LogP contribution in [0.15, 0.2) is 72.3 Å². The Morgan fingerprint density at radius 2 is 1.67 bits per heavy atom. The molecule has 0 radical (unpaired) electrons. The Hall–Kier alpha value is -4.72. The number of hydrogen-bond acceptors (Lipinski definition) is 5. The van der Waals surface area contributed by atoms with Crippen molar-refractivity contribution in [3.05, 3.63) is 89.3 Å². The van der Waals surface area contributed by atoms with Gasteiger partial charge in [0.25, 0.3) is 11.8 Å². The first kappa shape index (κ1) is 23.0. The molecule has 2 heterocycles. The van der Waals surface area contributed by atoms with Crippen LogP contribution in [0.5, 0.6) is 5.75 Å².